The number of nitrogens with zero attached hydrogens (tertiary/aromatic N) is 4. The van der Waals surface area contributed by atoms with E-state index in [-0.39, 0.29) is 0 Å². The molecule has 0 aliphatic heterocycles. The van der Waals surface area contributed by atoms with Gasteiger partial charge in [-0.15, -0.1) is 0 Å². The molecule has 5 nitrogen and oxygen atoms in total. The van der Waals surface area contributed by atoms with Crippen LogP contribution in [0.1, 0.15) is 24.6 Å². The molecule has 2 aromatic rings. The normalized spacial score (nSPS) is 10.3. The van der Waals surface area contributed by atoms with Crippen molar-refractivity contribution in [3.63, 3.8) is 0 Å². The second-order valence-corrected chi connectivity index (χ2v) is 4.70. The minimum atomic E-state index is 0.734. The lowest BCUT2D eigenvalue weighted by Gasteiger charge is -2.22. The molecule has 0 fully saturated rings. The van der Waals surface area contributed by atoms with E-state index in [1.54, 1.807) is 6.33 Å². The molecule has 0 amide bonds. The van der Waals surface area contributed by atoms with Crippen molar-refractivity contribution in [3.8, 4) is 0 Å². The van der Waals surface area contributed by atoms with Gasteiger partial charge in [-0.25, -0.2) is 9.97 Å². The number of hydrogen-bond acceptors (Lipinski definition) is 5. The zero-order valence-electron chi connectivity index (χ0n) is 12.3. The average molecular weight is 271 g/mol. The molecule has 2 heterocycles. The molecule has 0 unspecified atom stereocenters. The van der Waals surface area contributed by atoms with Crippen LogP contribution in [0.4, 0.5) is 11.6 Å². The Morgan fingerprint density at radius 2 is 2.05 bits per heavy atom. The third-order valence-corrected chi connectivity index (χ3v) is 3.15. The molecule has 0 radical (unpaired) electrons. The molecule has 2 aromatic heterocycles. The molecule has 0 aliphatic rings. The third kappa shape index (κ3) is 3.23. The zero-order chi connectivity index (χ0) is 14.4. The van der Waals surface area contributed by atoms with E-state index in [4.69, 9.17) is 0 Å². The van der Waals surface area contributed by atoms with E-state index in [1.165, 1.54) is 0 Å². The van der Waals surface area contributed by atoms with Crippen molar-refractivity contribution >= 4 is 11.6 Å². The van der Waals surface area contributed by atoms with E-state index < -0.39 is 0 Å². The summed E-state index contributed by atoms with van der Waals surface area (Å²) in [5.41, 5.74) is 2.19. The van der Waals surface area contributed by atoms with Gasteiger partial charge in [-0.05, 0) is 18.6 Å². The second kappa shape index (κ2) is 6.84. The first-order valence-electron chi connectivity index (χ1n) is 6.89. The lowest BCUT2D eigenvalue weighted by atomic mass is 10.1. The highest BCUT2D eigenvalue weighted by Gasteiger charge is 2.14. The van der Waals surface area contributed by atoms with Crippen LogP contribution >= 0.6 is 0 Å². The topological polar surface area (TPSA) is 53.9 Å². The highest BCUT2D eigenvalue weighted by molar-refractivity contribution is 5.58. The number of aromatic nitrogens is 3. The van der Waals surface area contributed by atoms with Gasteiger partial charge in [0.1, 0.15) is 18.0 Å². The predicted octanol–water partition coefficient (Wildman–Crippen LogP) is 2.50. The fraction of sp³-hybridized carbons (Fsp3) is 0.400. The summed E-state index contributed by atoms with van der Waals surface area (Å²) < 4.78 is 0. The summed E-state index contributed by atoms with van der Waals surface area (Å²) in [6.07, 6.45) is 5.44. The fourth-order valence-electron chi connectivity index (χ4n) is 2.24. The van der Waals surface area contributed by atoms with Gasteiger partial charge in [-0.1, -0.05) is 19.4 Å². The van der Waals surface area contributed by atoms with Crippen LogP contribution in [-0.2, 0) is 13.0 Å². The van der Waals surface area contributed by atoms with Crippen LogP contribution in [0, 0.1) is 0 Å². The summed E-state index contributed by atoms with van der Waals surface area (Å²) >= 11 is 0. The van der Waals surface area contributed by atoms with Crippen LogP contribution in [0.5, 0.6) is 0 Å². The summed E-state index contributed by atoms with van der Waals surface area (Å²) in [6.45, 7) is 2.90. The van der Waals surface area contributed by atoms with Gasteiger partial charge in [0.25, 0.3) is 0 Å². The maximum Gasteiger partial charge on any atom is 0.137 e. The van der Waals surface area contributed by atoms with Crippen molar-refractivity contribution in [2.45, 2.75) is 26.3 Å². The highest BCUT2D eigenvalue weighted by Crippen LogP contribution is 2.24. The summed E-state index contributed by atoms with van der Waals surface area (Å²) in [4.78, 5) is 15.2. The minimum Gasteiger partial charge on any atom is -0.373 e. The SMILES string of the molecule is CCCc1c(NC)ncnc1N(C)Cc1ccccn1. The van der Waals surface area contributed by atoms with Crippen LogP contribution in [0.3, 0.4) is 0 Å². The Morgan fingerprint density at radius 3 is 2.70 bits per heavy atom. The molecule has 0 aliphatic carbocycles. The molecule has 20 heavy (non-hydrogen) atoms. The van der Waals surface area contributed by atoms with Crippen molar-refractivity contribution in [1.82, 2.24) is 15.0 Å². The molecule has 106 valence electrons. The Bertz CT molecular complexity index is 541. The van der Waals surface area contributed by atoms with Gasteiger partial charge in [0.2, 0.25) is 0 Å². The maximum atomic E-state index is 4.45. The maximum absolute atomic E-state index is 4.45. The summed E-state index contributed by atoms with van der Waals surface area (Å²) in [5.74, 6) is 1.88. The average Bonchev–Trinajstić information content (AvgIpc) is 2.48. The Morgan fingerprint density at radius 1 is 1.20 bits per heavy atom. The van der Waals surface area contributed by atoms with Crippen LogP contribution in [-0.4, -0.2) is 29.0 Å². The van der Waals surface area contributed by atoms with E-state index in [1.807, 2.05) is 38.5 Å². The quantitative estimate of drug-likeness (QED) is 0.875. The molecule has 0 saturated carbocycles. The lowest BCUT2D eigenvalue weighted by molar-refractivity contribution is 0.828. The summed E-state index contributed by atoms with van der Waals surface area (Å²) in [5, 5.41) is 3.15. The Kier molecular flexibility index (Phi) is 4.87. The van der Waals surface area contributed by atoms with Gasteiger partial charge in [0.05, 0.1) is 12.2 Å². The summed E-state index contributed by atoms with van der Waals surface area (Å²) in [7, 11) is 3.93. The predicted molar refractivity (Wildman–Crippen MR) is 81.9 cm³/mol. The zero-order valence-corrected chi connectivity index (χ0v) is 12.3. The van der Waals surface area contributed by atoms with Crippen molar-refractivity contribution in [3.05, 3.63) is 42.0 Å². The molecular formula is C15H21N5. The van der Waals surface area contributed by atoms with Crippen LogP contribution in [0.2, 0.25) is 0 Å². The van der Waals surface area contributed by atoms with Crippen molar-refractivity contribution < 1.29 is 0 Å². The first kappa shape index (κ1) is 14.2. The Labute approximate surface area is 120 Å². The molecular weight excluding hydrogens is 250 g/mol. The smallest absolute Gasteiger partial charge is 0.137 e. The number of pyridine rings is 1. The molecule has 5 heteroatoms. The fourth-order valence-corrected chi connectivity index (χ4v) is 2.24. The van der Waals surface area contributed by atoms with Gasteiger partial charge in [-0.2, -0.15) is 0 Å². The van der Waals surface area contributed by atoms with Gasteiger partial charge >= 0.3 is 0 Å². The van der Waals surface area contributed by atoms with Crippen LogP contribution in [0.15, 0.2) is 30.7 Å². The van der Waals surface area contributed by atoms with Crippen LogP contribution < -0.4 is 10.2 Å². The molecule has 0 saturated heterocycles. The van der Waals surface area contributed by atoms with E-state index >= 15 is 0 Å². The Balaban J connectivity index is 2.26. The highest BCUT2D eigenvalue weighted by atomic mass is 15.2. The summed E-state index contributed by atoms with van der Waals surface area (Å²) in [6, 6.07) is 5.95. The molecule has 0 aromatic carbocycles. The standard InChI is InChI=1S/C15H21N5/c1-4-7-13-14(16-2)18-11-19-15(13)20(3)10-12-8-5-6-9-17-12/h5-6,8-9,11H,4,7,10H2,1-3H3,(H,16,18,19). The van der Waals surface area contributed by atoms with Gasteiger partial charge < -0.3 is 10.2 Å². The van der Waals surface area contributed by atoms with Crippen molar-refractivity contribution in [1.29, 1.82) is 0 Å². The Hall–Kier alpha value is -2.17. The minimum absolute atomic E-state index is 0.734. The van der Waals surface area contributed by atoms with Crippen LogP contribution in [0.25, 0.3) is 0 Å². The molecule has 0 atom stereocenters. The van der Waals surface area contributed by atoms with Gasteiger partial charge in [0.15, 0.2) is 0 Å². The van der Waals surface area contributed by atoms with E-state index in [9.17, 15) is 0 Å². The van der Waals surface area contributed by atoms with E-state index in [0.717, 1.165) is 42.3 Å². The number of rotatable bonds is 6. The number of hydrogen-bond donors (Lipinski definition) is 1. The second-order valence-electron chi connectivity index (χ2n) is 4.70. The molecule has 2 rings (SSSR count). The van der Waals surface area contributed by atoms with Gasteiger partial charge in [0, 0.05) is 25.9 Å². The van der Waals surface area contributed by atoms with Gasteiger partial charge in [-0.3, -0.25) is 4.98 Å². The first-order chi connectivity index (χ1) is 9.76. The third-order valence-electron chi connectivity index (χ3n) is 3.15. The molecule has 0 bridgehead atoms. The monoisotopic (exact) mass is 271 g/mol. The lowest BCUT2D eigenvalue weighted by Crippen LogP contribution is -2.21. The number of anilines is 2. The van der Waals surface area contributed by atoms with E-state index in [2.05, 4.69) is 32.1 Å². The van der Waals surface area contributed by atoms with E-state index in [0.29, 0.717) is 0 Å². The molecule has 0 spiro atoms. The van der Waals surface area contributed by atoms with Crippen molar-refractivity contribution in [2.75, 3.05) is 24.3 Å². The largest absolute Gasteiger partial charge is 0.373 e. The molecule has 1 N–H and O–H groups in total. The first-order valence-corrected chi connectivity index (χ1v) is 6.89. The number of nitrogens with one attached hydrogen (secondary N) is 1. The van der Waals surface area contributed by atoms with Crippen molar-refractivity contribution in [2.24, 2.45) is 0 Å².